The number of ketones is 1. The van der Waals surface area contributed by atoms with E-state index in [9.17, 15) is 14.7 Å². The molecular formula is C13H24O4. The molecule has 0 saturated carbocycles. The lowest BCUT2D eigenvalue weighted by atomic mass is 9.79. The highest BCUT2D eigenvalue weighted by molar-refractivity contribution is 5.85. The molecule has 0 heterocycles. The Balaban J connectivity index is 4.49. The van der Waals surface area contributed by atoms with Gasteiger partial charge in [0.25, 0.3) is 0 Å². The highest BCUT2D eigenvalue weighted by atomic mass is 16.6. The number of aliphatic hydroxyl groups excluding tert-OH is 1. The first-order chi connectivity index (χ1) is 7.50. The minimum absolute atomic E-state index is 0.0615. The van der Waals surface area contributed by atoms with Crippen LogP contribution in [0.3, 0.4) is 0 Å². The van der Waals surface area contributed by atoms with Crippen molar-refractivity contribution >= 4 is 11.8 Å². The molecule has 0 unspecified atom stereocenters. The van der Waals surface area contributed by atoms with Crippen molar-refractivity contribution in [1.29, 1.82) is 0 Å². The van der Waals surface area contributed by atoms with Crippen LogP contribution in [0, 0.1) is 5.41 Å². The van der Waals surface area contributed by atoms with Crippen molar-refractivity contribution in [2.45, 2.75) is 66.1 Å². The van der Waals surface area contributed by atoms with E-state index in [2.05, 4.69) is 0 Å². The SMILES string of the molecule is CCC(=O)C(C)(C)[C@H](O)CC(=O)OC(C)(C)C. The molecule has 17 heavy (non-hydrogen) atoms. The quantitative estimate of drug-likeness (QED) is 0.752. The Morgan fingerprint density at radius 1 is 1.18 bits per heavy atom. The highest BCUT2D eigenvalue weighted by Crippen LogP contribution is 2.26. The molecule has 4 nitrogen and oxygen atoms in total. The maximum Gasteiger partial charge on any atom is 0.308 e. The minimum Gasteiger partial charge on any atom is -0.460 e. The number of ether oxygens (including phenoxy) is 1. The number of Topliss-reactive ketones (excluding diaryl/α,β-unsaturated/α-hetero) is 1. The van der Waals surface area contributed by atoms with Gasteiger partial charge in [0.2, 0.25) is 0 Å². The molecule has 100 valence electrons. The molecule has 0 radical (unpaired) electrons. The second kappa shape index (κ2) is 5.63. The molecule has 1 N–H and O–H groups in total. The van der Waals surface area contributed by atoms with Crippen molar-refractivity contribution in [2.75, 3.05) is 0 Å². The number of carbonyl (C=O) groups is 2. The van der Waals surface area contributed by atoms with E-state index in [0.717, 1.165) is 0 Å². The molecular weight excluding hydrogens is 220 g/mol. The maximum absolute atomic E-state index is 11.6. The molecule has 0 saturated heterocycles. The normalized spacial score (nSPS) is 14.3. The number of carbonyl (C=O) groups excluding carboxylic acids is 2. The number of esters is 1. The van der Waals surface area contributed by atoms with Gasteiger partial charge in [-0.15, -0.1) is 0 Å². The summed E-state index contributed by atoms with van der Waals surface area (Å²) in [6.45, 7) is 10.3. The van der Waals surface area contributed by atoms with Crippen LogP contribution < -0.4 is 0 Å². The molecule has 0 spiro atoms. The average Bonchev–Trinajstić information content (AvgIpc) is 2.12. The smallest absolute Gasteiger partial charge is 0.308 e. The lowest BCUT2D eigenvalue weighted by molar-refractivity contribution is -0.159. The highest BCUT2D eigenvalue weighted by Gasteiger charge is 2.36. The van der Waals surface area contributed by atoms with Crippen LogP contribution in [0.5, 0.6) is 0 Å². The van der Waals surface area contributed by atoms with Crippen molar-refractivity contribution in [1.82, 2.24) is 0 Å². The van der Waals surface area contributed by atoms with Crippen molar-refractivity contribution < 1.29 is 19.4 Å². The van der Waals surface area contributed by atoms with Crippen molar-refractivity contribution in [2.24, 2.45) is 5.41 Å². The van der Waals surface area contributed by atoms with Crippen LogP contribution in [0.25, 0.3) is 0 Å². The number of hydrogen-bond donors (Lipinski definition) is 1. The van der Waals surface area contributed by atoms with E-state index in [1.807, 2.05) is 0 Å². The second-order valence-electron chi connectivity index (χ2n) is 5.80. The van der Waals surface area contributed by atoms with Gasteiger partial charge in [0.05, 0.1) is 12.5 Å². The first kappa shape index (κ1) is 16.1. The van der Waals surface area contributed by atoms with Gasteiger partial charge in [-0.2, -0.15) is 0 Å². The van der Waals surface area contributed by atoms with E-state index in [4.69, 9.17) is 4.74 Å². The Morgan fingerprint density at radius 2 is 1.65 bits per heavy atom. The van der Waals surface area contributed by atoms with Gasteiger partial charge in [-0.3, -0.25) is 9.59 Å². The molecule has 0 aliphatic heterocycles. The topological polar surface area (TPSA) is 63.6 Å². The van der Waals surface area contributed by atoms with Crippen molar-refractivity contribution in [3.8, 4) is 0 Å². The van der Waals surface area contributed by atoms with Gasteiger partial charge in [-0.05, 0) is 20.8 Å². The first-order valence-corrected chi connectivity index (χ1v) is 5.94. The second-order valence-corrected chi connectivity index (χ2v) is 5.80. The fraction of sp³-hybridized carbons (Fsp3) is 0.846. The zero-order chi connectivity index (χ0) is 13.9. The maximum atomic E-state index is 11.6. The Morgan fingerprint density at radius 3 is 2.00 bits per heavy atom. The lowest BCUT2D eigenvalue weighted by Gasteiger charge is -2.29. The lowest BCUT2D eigenvalue weighted by Crippen LogP contribution is -2.39. The largest absolute Gasteiger partial charge is 0.460 e. The van der Waals surface area contributed by atoms with Crippen molar-refractivity contribution in [3.05, 3.63) is 0 Å². The molecule has 0 amide bonds. The fourth-order valence-electron chi connectivity index (χ4n) is 1.44. The Labute approximate surface area is 103 Å². The van der Waals surface area contributed by atoms with E-state index in [-0.39, 0.29) is 12.2 Å². The summed E-state index contributed by atoms with van der Waals surface area (Å²) in [4.78, 5) is 23.2. The number of rotatable bonds is 5. The van der Waals surface area contributed by atoms with Crippen LogP contribution in [0.15, 0.2) is 0 Å². The predicted molar refractivity (Wildman–Crippen MR) is 65.5 cm³/mol. The standard InChI is InChI=1S/C13H24O4/c1-7-9(14)13(5,6)10(15)8-11(16)17-12(2,3)4/h10,15H,7-8H2,1-6H3/t10-/m1/s1. The summed E-state index contributed by atoms with van der Waals surface area (Å²) in [7, 11) is 0. The third kappa shape index (κ3) is 5.31. The molecule has 0 aromatic heterocycles. The number of hydrogen-bond acceptors (Lipinski definition) is 4. The first-order valence-electron chi connectivity index (χ1n) is 5.94. The fourth-order valence-corrected chi connectivity index (χ4v) is 1.44. The molecule has 0 fully saturated rings. The van der Waals surface area contributed by atoms with Gasteiger partial charge in [-0.1, -0.05) is 20.8 Å². The summed E-state index contributed by atoms with van der Waals surface area (Å²) < 4.78 is 5.11. The van der Waals surface area contributed by atoms with Crippen molar-refractivity contribution in [3.63, 3.8) is 0 Å². The summed E-state index contributed by atoms with van der Waals surface area (Å²) >= 11 is 0. The molecule has 0 aromatic carbocycles. The predicted octanol–water partition coefficient (Wildman–Crippen LogP) is 2.08. The molecule has 0 aliphatic rings. The zero-order valence-corrected chi connectivity index (χ0v) is 11.7. The molecule has 4 heteroatoms. The molecule has 1 atom stereocenters. The third-order valence-corrected chi connectivity index (χ3v) is 2.65. The van der Waals surface area contributed by atoms with E-state index in [0.29, 0.717) is 6.42 Å². The van der Waals surface area contributed by atoms with E-state index in [1.165, 1.54) is 0 Å². The van der Waals surface area contributed by atoms with E-state index < -0.39 is 23.1 Å². The third-order valence-electron chi connectivity index (χ3n) is 2.65. The van der Waals surface area contributed by atoms with Gasteiger partial charge < -0.3 is 9.84 Å². The summed E-state index contributed by atoms with van der Waals surface area (Å²) in [5, 5.41) is 9.92. The van der Waals surface area contributed by atoms with E-state index in [1.54, 1.807) is 41.5 Å². The summed E-state index contributed by atoms with van der Waals surface area (Å²) in [6.07, 6.45) is -0.821. The Hall–Kier alpha value is -0.900. The van der Waals surface area contributed by atoms with Gasteiger partial charge in [0.1, 0.15) is 11.4 Å². The number of aliphatic hydroxyl groups is 1. The average molecular weight is 244 g/mol. The molecule has 0 aliphatic carbocycles. The Kier molecular flexibility index (Phi) is 5.33. The summed E-state index contributed by atoms with van der Waals surface area (Å²) in [6, 6.07) is 0. The van der Waals surface area contributed by atoms with Gasteiger partial charge in [0, 0.05) is 11.8 Å². The van der Waals surface area contributed by atoms with Crippen LogP contribution in [-0.4, -0.2) is 28.6 Å². The monoisotopic (exact) mass is 244 g/mol. The molecule has 0 bridgehead atoms. The van der Waals surface area contributed by atoms with Gasteiger partial charge in [-0.25, -0.2) is 0 Å². The summed E-state index contributed by atoms with van der Waals surface area (Å²) in [5.74, 6) is -0.546. The molecule has 0 aromatic rings. The van der Waals surface area contributed by atoms with E-state index >= 15 is 0 Å². The zero-order valence-electron chi connectivity index (χ0n) is 11.7. The molecule has 0 rings (SSSR count). The van der Waals surface area contributed by atoms with Crippen LogP contribution in [0.1, 0.15) is 54.4 Å². The summed E-state index contributed by atoms with van der Waals surface area (Å²) in [5.41, 5.74) is -1.48. The van der Waals surface area contributed by atoms with Crippen LogP contribution >= 0.6 is 0 Å². The van der Waals surface area contributed by atoms with Crippen LogP contribution in [0.2, 0.25) is 0 Å². The van der Waals surface area contributed by atoms with Crippen LogP contribution in [-0.2, 0) is 14.3 Å². The van der Waals surface area contributed by atoms with Gasteiger partial charge >= 0.3 is 5.97 Å². The van der Waals surface area contributed by atoms with Gasteiger partial charge in [0.15, 0.2) is 0 Å². The Bertz CT molecular complexity index is 286. The minimum atomic E-state index is -1.01. The van der Waals surface area contributed by atoms with Crippen LogP contribution in [0.4, 0.5) is 0 Å².